The lowest BCUT2D eigenvalue weighted by Crippen LogP contribution is -2.58. The van der Waals surface area contributed by atoms with Crippen LogP contribution in [0.1, 0.15) is 56.6 Å². The maximum Gasteiger partial charge on any atom is 0.407 e. The van der Waals surface area contributed by atoms with Gasteiger partial charge in [-0.1, -0.05) is 24.3 Å². The molecular formula is C21H28N2O4. The van der Waals surface area contributed by atoms with Crippen LogP contribution in [0.25, 0.3) is 0 Å². The van der Waals surface area contributed by atoms with E-state index >= 15 is 0 Å². The van der Waals surface area contributed by atoms with Crippen LogP contribution in [-0.2, 0) is 15.1 Å². The highest BCUT2D eigenvalue weighted by Crippen LogP contribution is 2.42. The van der Waals surface area contributed by atoms with Crippen LogP contribution in [0.5, 0.6) is 0 Å². The molecule has 146 valence electrons. The molecule has 1 aromatic carbocycles. The normalized spacial score (nSPS) is 28.6. The third-order valence-corrected chi connectivity index (χ3v) is 6.34. The van der Waals surface area contributed by atoms with Crippen LogP contribution in [0, 0.1) is 5.92 Å². The number of alkyl carbamates (subject to hydrolysis) is 1. The number of carbonyl (C=O) groups excluding carboxylic acids is 2. The lowest BCUT2D eigenvalue weighted by molar-refractivity contribution is -0.142. The van der Waals surface area contributed by atoms with E-state index in [9.17, 15) is 14.7 Å². The van der Waals surface area contributed by atoms with E-state index in [1.54, 1.807) is 13.8 Å². The van der Waals surface area contributed by atoms with Crippen molar-refractivity contribution in [1.82, 2.24) is 10.2 Å². The molecule has 1 aliphatic carbocycles. The fraction of sp³-hybridized carbons (Fsp3) is 0.619. The summed E-state index contributed by atoms with van der Waals surface area (Å²) in [6.45, 7) is 5.52. The minimum absolute atomic E-state index is 0.00191. The van der Waals surface area contributed by atoms with Gasteiger partial charge in [-0.25, -0.2) is 4.79 Å². The number of benzene rings is 1. The zero-order valence-corrected chi connectivity index (χ0v) is 16.0. The lowest BCUT2D eigenvalue weighted by Gasteiger charge is -2.45. The minimum atomic E-state index is -0.841. The van der Waals surface area contributed by atoms with Crippen molar-refractivity contribution in [3.05, 3.63) is 35.4 Å². The van der Waals surface area contributed by atoms with E-state index in [2.05, 4.69) is 17.4 Å². The molecule has 2 saturated heterocycles. The number of aliphatic hydroxyl groups is 1. The summed E-state index contributed by atoms with van der Waals surface area (Å²) in [7, 11) is 0. The van der Waals surface area contributed by atoms with E-state index in [1.165, 1.54) is 5.56 Å². The molecular weight excluding hydrogens is 344 g/mol. The molecule has 27 heavy (non-hydrogen) atoms. The van der Waals surface area contributed by atoms with Crippen molar-refractivity contribution >= 4 is 12.0 Å². The van der Waals surface area contributed by atoms with Gasteiger partial charge in [0.15, 0.2) is 0 Å². The number of rotatable bonds is 3. The average molecular weight is 372 g/mol. The fourth-order valence-corrected chi connectivity index (χ4v) is 4.64. The van der Waals surface area contributed by atoms with Gasteiger partial charge in [0, 0.05) is 19.0 Å². The zero-order chi connectivity index (χ0) is 19.2. The Kier molecular flexibility index (Phi) is 4.41. The average Bonchev–Trinajstić information content (AvgIpc) is 3.02. The van der Waals surface area contributed by atoms with Gasteiger partial charge >= 0.3 is 6.09 Å². The SMILES string of the molecule is CC(C)(O)c1cccc(C2CCN(C(=O)[C@H]3C[C@]4(COC(=O)N4)C3)CC2)c1. The van der Waals surface area contributed by atoms with Crippen LogP contribution in [0.3, 0.4) is 0 Å². The van der Waals surface area contributed by atoms with Crippen molar-refractivity contribution in [2.24, 2.45) is 5.92 Å². The van der Waals surface area contributed by atoms with Gasteiger partial charge < -0.3 is 20.1 Å². The molecule has 1 spiro atoms. The Hall–Kier alpha value is -2.08. The number of likely N-dealkylation sites (tertiary alicyclic amines) is 1. The molecule has 4 rings (SSSR count). The Morgan fingerprint density at radius 1 is 1.30 bits per heavy atom. The highest BCUT2D eigenvalue weighted by Gasteiger charge is 2.53. The Morgan fingerprint density at radius 3 is 2.59 bits per heavy atom. The summed E-state index contributed by atoms with van der Waals surface area (Å²) in [5.74, 6) is 0.638. The molecule has 6 nitrogen and oxygen atoms in total. The molecule has 1 aromatic rings. The standard InChI is InChI=1S/C21H28N2O4/c1-20(2,26)17-5-3-4-15(10-17)14-6-8-23(9-7-14)18(24)16-11-21(12-16)13-27-19(25)22-21/h3-5,10,14,16,26H,6-9,11-13H2,1-2H3,(H,22,25)/t16-,21+. The van der Waals surface area contributed by atoms with E-state index in [4.69, 9.17) is 4.74 Å². The molecule has 0 atom stereocenters. The van der Waals surface area contributed by atoms with Crippen molar-refractivity contribution < 1.29 is 19.4 Å². The van der Waals surface area contributed by atoms with Gasteiger partial charge in [-0.05, 0) is 56.6 Å². The van der Waals surface area contributed by atoms with Crippen LogP contribution < -0.4 is 5.32 Å². The predicted octanol–water partition coefficient (Wildman–Crippen LogP) is 2.51. The fourth-order valence-electron chi connectivity index (χ4n) is 4.64. The predicted molar refractivity (Wildman–Crippen MR) is 100 cm³/mol. The van der Waals surface area contributed by atoms with Gasteiger partial charge in [-0.3, -0.25) is 4.79 Å². The molecule has 0 radical (unpaired) electrons. The Labute approximate surface area is 159 Å². The molecule has 2 aliphatic heterocycles. The summed E-state index contributed by atoms with van der Waals surface area (Å²) in [6, 6.07) is 8.18. The molecule has 0 bridgehead atoms. The van der Waals surface area contributed by atoms with E-state index < -0.39 is 5.60 Å². The molecule has 1 saturated carbocycles. The maximum atomic E-state index is 12.8. The summed E-state index contributed by atoms with van der Waals surface area (Å²) in [5.41, 5.74) is 1.04. The topological polar surface area (TPSA) is 78.9 Å². The summed E-state index contributed by atoms with van der Waals surface area (Å²) in [5, 5.41) is 13.1. The number of nitrogens with zero attached hydrogens (tertiary/aromatic N) is 1. The summed E-state index contributed by atoms with van der Waals surface area (Å²) in [4.78, 5) is 26.0. The Bertz CT molecular complexity index is 741. The van der Waals surface area contributed by atoms with E-state index in [0.717, 1.165) is 31.5 Å². The van der Waals surface area contributed by atoms with Crippen LogP contribution in [0.15, 0.2) is 24.3 Å². The maximum absolute atomic E-state index is 12.8. The molecule has 3 fully saturated rings. The zero-order valence-electron chi connectivity index (χ0n) is 16.0. The molecule has 2 N–H and O–H groups in total. The first kappa shape index (κ1) is 18.3. The van der Waals surface area contributed by atoms with Crippen LogP contribution in [0.2, 0.25) is 0 Å². The Balaban J connectivity index is 1.32. The van der Waals surface area contributed by atoms with Crippen LogP contribution in [0.4, 0.5) is 4.79 Å². The highest BCUT2D eigenvalue weighted by molar-refractivity contribution is 5.81. The minimum Gasteiger partial charge on any atom is -0.447 e. The first-order valence-electron chi connectivity index (χ1n) is 9.82. The second-order valence-electron chi connectivity index (χ2n) is 8.87. The van der Waals surface area contributed by atoms with E-state index in [-0.39, 0.29) is 23.5 Å². The number of nitrogens with one attached hydrogen (secondary N) is 1. The number of hydrogen-bond acceptors (Lipinski definition) is 4. The van der Waals surface area contributed by atoms with Gasteiger partial charge in [0.05, 0.1) is 11.1 Å². The molecule has 3 aliphatic rings. The van der Waals surface area contributed by atoms with Gasteiger partial charge in [-0.15, -0.1) is 0 Å². The van der Waals surface area contributed by atoms with Gasteiger partial charge in [0.25, 0.3) is 0 Å². The first-order valence-corrected chi connectivity index (χ1v) is 9.82. The van der Waals surface area contributed by atoms with E-state index in [1.807, 2.05) is 17.0 Å². The quantitative estimate of drug-likeness (QED) is 0.855. The van der Waals surface area contributed by atoms with Crippen molar-refractivity contribution in [3.8, 4) is 0 Å². The van der Waals surface area contributed by atoms with Gasteiger partial charge in [0.2, 0.25) is 5.91 Å². The summed E-state index contributed by atoms with van der Waals surface area (Å²) < 4.78 is 4.99. The van der Waals surface area contributed by atoms with Gasteiger partial charge in [0.1, 0.15) is 6.61 Å². The first-order chi connectivity index (χ1) is 12.8. The largest absolute Gasteiger partial charge is 0.447 e. The molecule has 0 unspecified atom stereocenters. The van der Waals surface area contributed by atoms with E-state index in [0.29, 0.717) is 25.4 Å². The summed E-state index contributed by atoms with van der Waals surface area (Å²) >= 11 is 0. The number of ether oxygens (including phenoxy) is 1. The van der Waals surface area contributed by atoms with Crippen LogP contribution >= 0.6 is 0 Å². The molecule has 2 amide bonds. The highest BCUT2D eigenvalue weighted by atomic mass is 16.6. The number of hydrogen-bond donors (Lipinski definition) is 2. The monoisotopic (exact) mass is 372 g/mol. The number of carbonyl (C=O) groups is 2. The number of piperidine rings is 1. The second-order valence-corrected chi connectivity index (χ2v) is 8.87. The second kappa shape index (κ2) is 6.51. The van der Waals surface area contributed by atoms with Crippen LogP contribution in [-0.4, -0.2) is 47.2 Å². The molecule has 2 heterocycles. The Morgan fingerprint density at radius 2 is 2.00 bits per heavy atom. The molecule has 0 aromatic heterocycles. The van der Waals surface area contributed by atoms with Gasteiger partial charge in [-0.2, -0.15) is 0 Å². The number of amides is 2. The van der Waals surface area contributed by atoms with Crippen molar-refractivity contribution in [2.75, 3.05) is 19.7 Å². The third-order valence-electron chi connectivity index (χ3n) is 6.34. The van der Waals surface area contributed by atoms with Crippen molar-refractivity contribution in [1.29, 1.82) is 0 Å². The van der Waals surface area contributed by atoms with Crippen molar-refractivity contribution in [3.63, 3.8) is 0 Å². The summed E-state index contributed by atoms with van der Waals surface area (Å²) in [6.07, 6.45) is 2.89. The lowest BCUT2D eigenvalue weighted by atomic mass is 9.68. The smallest absolute Gasteiger partial charge is 0.407 e. The van der Waals surface area contributed by atoms with Crippen molar-refractivity contribution in [2.45, 2.75) is 56.6 Å². The molecule has 6 heteroatoms. The third kappa shape index (κ3) is 3.55. The number of cyclic esters (lactones) is 1.